The van der Waals surface area contributed by atoms with E-state index in [4.69, 9.17) is 0 Å². The molecule has 0 aliphatic heterocycles. The van der Waals surface area contributed by atoms with Crippen LogP contribution in [0.5, 0.6) is 0 Å². The van der Waals surface area contributed by atoms with Crippen molar-refractivity contribution in [2.75, 3.05) is 0 Å². The Balaban J connectivity index is 2.51. The first-order chi connectivity index (χ1) is 11.7. The number of rotatable bonds is 5. The van der Waals surface area contributed by atoms with Crippen molar-refractivity contribution in [1.82, 2.24) is 0 Å². The summed E-state index contributed by atoms with van der Waals surface area (Å²) in [7, 11) is 0. The molecule has 0 nitrogen and oxygen atoms in total. The fourth-order valence-corrected chi connectivity index (χ4v) is 3.57. The predicted molar refractivity (Wildman–Crippen MR) is 99.2 cm³/mol. The number of allylic oxidation sites excluding steroid dienone is 5. The molecule has 25 heavy (non-hydrogen) atoms. The largest absolute Gasteiger partial charge is 0.416 e. The van der Waals surface area contributed by atoms with E-state index < -0.39 is 11.7 Å². The molecule has 0 heterocycles. The Morgan fingerprint density at radius 2 is 1.68 bits per heavy atom. The molecule has 1 saturated carbocycles. The monoisotopic (exact) mass is 348 g/mol. The SMILES string of the molecule is C=C(/C=C(\C(=C(C)C)C1CCCC1)c1ccc(C(F)(F)F)cc1)CC. The molecular formula is C22H27F3. The Hall–Kier alpha value is -1.77. The zero-order valence-corrected chi connectivity index (χ0v) is 15.3. The minimum atomic E-state index is -4.31. The third kappa shape index (κ3) is 4.87. The second kappa shape index (κ2) is 8.07. The molecule has 0 N–H and O–H groups in total. The van der Waals surface area contributed by atoms with Crippen LogP contribution in [0, 0.1) is 5.92 Å². The highest BCUT2D eigenvalue weighted by Crippen LogP contribution is 2.41. The fraction of sp³-hybridized carbons (Fsp3) is 0.455. The predicted octanol–water partition coefficient (Wildman–Crippen LogP) is 7.58. The quantitative estimate of drug-likeness (QED) is 0.481. The second-order valence-corrected chi connectivity index (χ2v) is 7.04. The summed E-state index contributed by atoms with van der Waals surface area (Å²) in [5.41, 5.74) is 4.78. The number of halogens is 3. The van der Waals surface area contributed by atoms with Crippen LogP contribution in [0.25, 0.3) is 5.57 Å². The molecule has 136 valence electrons. The molecule has 0 aromatic heterocycles. The Kier molecular flexibility index (Phi) is 6.31. The molecule has 1 aliphatic carbocycles. The molecule has 0 saturated heterocycles. The van der Waals surface area contributed by atoms with E-state index in [-0.39, 0.29) is 0 Å². The molecule has 1 aromatic rings. The summed E-state index contributed by atoms with van der Waals surface area (Å²) in [6.45, 7) is 10.3. The van der Waals surface area contributed by atoms with Crippen LogP contribution in [-0.2, 0) is 6.18 Å². The van der Waals surface area contributed by atoms with Crippen molar-refractivity contribution in [2.24, 2.45) is 5.92 Å². The highest BCUT2D eigenvalue weighted by atomic mass is 19.4. The van der Waals surface area contributed by atoms with Crippen molar-refractivity contribution in [2.45, 2.75) is 59.1 Å². The lowest BCUT2D eigenvalue weighted by Crippen LogP contribution is -2.07. The van der Waals surface area contributed by atoms with Crippen molar-refractivity contribution in [3.8, 4) is 0 Å². The maximum atomic E-state index is 12.9. The van der Waals surface area contributed by atoms with E-state index in [9.17, 15) is 13.2 Å². The standard InChI is InChI=1S/C22H27F3/c1-5-16(4)14-20(21(15(2)3)18-8-6-7-9-18)17-10-12-19(13-11-17)22(23,24)25/h10-14,18H,4-9H2,1-3H3/b20-14-. The molecular weight excluding hydrogens is 321 g/mol. The number of benzene rings is 1. The van der Waals surface area contributed by atoms with Gasteiger partial charge < -0.3 is 0 Å². The third-order valence-electron chi connectivity index (χ3n) is 4.92. The number of hydrogen-bond acceptors (Lipinski definition) is 0. The van der Waals surface area contributed by atoms with Gasteiger partial charge in [0.25, 0.3) is 0 Å². The van der Waals surface area contributed by atoms with E-state index in [1.165, 1.54) is 36.1 Å². The van der Waals surface area contributed by atoms with Gasteiger partial charge in [-0.25, -0.2) is 0 Å². The van der Waals surface area contributed by atoms with E-state index in [1.54, 1.807) is 12.1 Å². The van der Waals surface area contributed by atoms with E-state index in [0.717, 1.165) is 36.0 Å². The van der Waals surface area contributed by atoms with Crippen LogP contribution in [0.15, 0.2) is 53.6 Å². The maximum absolute atomic E-state index is 12.9. The van der Waals surface area contributed by atoms with E-state index in [1.807, 2.05) is 6.92 Å². The minimum absolute atomic E-state index is 0.489. The average molecular weight is 348 g/mol. The van der Waals surface area contributed by atoms with Crippen LogP contribution in [0.4, 0.5) is 13.2 Å². The van der Waals surface area contributed by atoms with Crippen LogP contribution in [0.1, 0.15) is 64.0 Å². The normalized spacial score (nSPS) is 16.2. The minimum Gasteiger partial charge on any atom is -0.166 e. The van der Waals surface area contributed by atoms with Gasteiger partial charge >= 0.3 is 6.18 Å². The summed E-state index contributed by atoms with van der Waals surface area (Å²) in [6, 6.07) is 5.54. The molecule has 0 amide bonds. The summed E-state index contributed by atoms with van der Waals surface area (Å²) < 4.78 is 38.6. The van der Waals surface area contributed by atoms with Gasteiger partial charge in [0.2, 0.25) is 0 Å². The van der Waals surface area contributed by atoms with Crippen molar-refractivity contribution in [1.29, 1.82) is 0 Å². The third-order valence-corrected chi connectivity index (χ3v) is 4.92. The zero-order valence-electron chi connectivity index (χ0n) is 15.3. The Morgan fingerprint density at radius 1 is 1.12 bits per heavy atom. The lowest BCUT2D eigenvalue weighted by molar-refractivity contribution is -0.137. The van der Waals surface area contributed by atoms with Crippen molar-refractivity contribution in [3.05, 3.63) is 64.8 Å². The molecule has 1 aromatic carbocycles. The topological polar surface area (TPSA) is 0 Å². The lowest BCUT2D eigenvalue weighted by atomic mass is 9.83. The molecule has 0 bridgehead atoms. The van der Waals surface area contributed by atoms with Crippen molar-refractivity contribution in [3.63, 3.8) is 0 Å². The molecule has 0 atom stereocenters. The van der Waals surface area contributed by atoms with Crippen LogP contribution in [0.3, 0.4) is 0 Å². The number of alkyl halides is 3. The summed E-state index contributed by atoms with van der Waals surface area (Å²) in [5.74, 6) is 0.489. The molecule has 0 spiro atoms. The van der Waals surface area contributed by atoms with Gasteiger partial charge in [-0.2, -0.15) is 13.2 Å². The lowest BCUT2D eigenvalue weighted by Gasteiger charge is -2.22. The maximum Gasteiger partial charge on any atom is 0.416 e. The Morgan fingerprint density at radius 3 is 2.12 bits per heavy atom. The van der Waals surface area contributed by atoms with Crippen LogP contribution >= 0.6 is 0 Å². The molecule has 0 unspecified atom stereocenters. The van der Waals surface area contributed by atoms with E-state index in [0.29, 0.717) is 5.92 Å². The van der Waals surface area contributed by atoms with Gasteiger partial charge in [0, 0.05) is 0 Å². The molecule has 3 heteroatoms. The van der Waals surface area contributed by atoms with Crippen molar-refractivity contribution < 1.29 is 13.2 Å². The van der Waals surface area contributed by atoms with Gasteiger partial charge in [0.1, 0.15) is 0 Å². The summed E-state index contributed by atoms with van der Waals surface area (Å²) in [4.78, 5) is 0. The molecule has 0 radical (unpaired) electrons. The van der Waals surface area contributed by atoms with Crippen LogP contribution < -0.4 is 0 Å². The summed E-state index contributed by atoms with van der Waals surface area (Å²) in [6.07, 6.45) is 3.31. The van der Waals surface area contributed by atoms with Crippen LogP contribution in [-0.4, -0.2) is 0 Å². The smallest absolute Gasteiger partial charge is 0.166 e. The van der Waals surface area contributed by atoms with Gasteiger partial charge in [-0.1, -0.05) is 55.7 Å². The first kappa shape index (κ1) is 19.6. The molecule has 1 aliphatic rings. The van der Waals surface area contributed by atoms with Crippen LogP contribution in [0.2, 0.25) is 0 Å². The zero-order chi connectivity index (χ0) is 18.6. The highest BCUT2D eigenvalue weighted by molar-refractivity contribution is 5.82. The summed E-state index contributed by atoms with van der Waals surface area (Å²) in [5, 5.41) is 0. The molecule has 2 rings (SSSR count). The number of hydrogen-bond donors (Lipinski definition) is 0. The van der Waals surface area contributed by atoms with Gasteiger partial charge in [-0.3, -0.25) is 0 Å². The average Bonchev–Trinajstić information content (AvgIpc) is 3.07. The van der Waals surface area contributed by atoms with Gasteiger partial charge in [-0.05, 0) is 67.9 Å². The Labute approximate surface area is 149 Å². The second-order valence-electron chi connectivity index (χ2n) is 7.04. The molecule has 1 fully saturated rings. The first-order valence-corrected chi connectivity index (χ1v) is 8.99. The first-order valence-electron chi connectivity index (χ1n) is 8.99. The summed E-state index contributed by atoms with van der Waals surface area (Å²) >= 11 is 0. The van der Waals surface area contributed by atoms with Gasteiger partial charge in [-0.15, -0.1) is 0 Å². The fourth-order valence-electron chi connectivity index (χ4n) is 3.57. The van der Waals surface area contributed by atoms with E-state index >= 15 is 0 Å². The van der Waals surface area contributed by atoms with Gasteiger partial charge in [0.15, 0.2) is 0 Å². The van der Waals surface area contributed by atoms with Gasteiger partial charge in [0.05, 0.1) is 5.56 Å². The van der Waals surface area contributed by atoms with Crippen molar-refractivity contribution >= 4 is 5.57 Å². The highest BCUT2D eigenvalue weighted by Gasteiger charge is 2.30. The van der Waals surface area contributed by atoms with E-state index in [2.05, 4.69) is 26.5 Å². The Bertz CT molecular complexity index is 662.